The number of rotatable bonds is 3. The van der Waals surface area contributed by atoms with Gasteiger partial charge in [0.1, 0.15) is 5.75 Å². The molecular formula is C15H17N3O2. The van der Waals surface area contributed by atoms with Crippen LogP contribution in [-0.4, -0.2) is 34.2 Å². The van der Waals surface area contributed by atoms with E-state index in [0.717, 1.165) is 23.3 Å². The third-order valence-corrected chi connectivity index (χ3v) is 3.46. The molecule has 20 heavy (non-hydrogen) atoms. The number of ether oxygens (including phenoxy) is 1. The van der Waals surface area contributed by atoms with Gasteiger partial charge in [-0.3, -0.25) is 9.48 Å². The molecule has 0 N–H and O–H groups in total. The maximum atomic E-state index is 12.4. The van der Waals surface area contributed by atoms with Crippen LogP contribution in [0.15, 0.2) is 30.6 Å². The molecule has 0 fully saturated rings. The van der Waals surface area contributed by atoms with Crippen molar-refractivity contribution < 1.29 is 9.53 Å². The van der Waals surface area contributed by atoms with E-state index in [-0.39, 0.29) is 5.91 Å². The van der Waals surface area contributed by atoms with Gasteiger partial charge in [0.2, 0.25) is 0 Å². The van der Waals surface area contributed by atoms with Crippen molar-refractivity contribution in [2.75, 3.05) is 13.7 Å². The number of carbonyl (C=O) groups is 1. The van der Waals surface area contributed by atoms with Crippen LogP contribution in [0.5, 0.6) is 5.75 Å². The maximum absolute atomic E-state index is 12.4. The van der Waals surface area contributed by atoms with E-state index in [4.69, 9.17) is 4.74 Å². The second-order valence-corrected chi connectivity index (χ2v) is 5.10. The van der Waals surface area contributed by atoms with Crippen molar-refractivity contribution in [2.24, 2.45) is 7.05 Å². The Hall–Kier alpha value is -2.30. The molecule has 2 aromatic rings. The molecule has 0 aliphatic carbocycles. The van der Waals surface area contributed by atoms with Crippen LogP contribution in [-0.2, 0) is 20.0 Å². The minimum Gasteiger partial charge on any atom is -0.493 e. The summed E-state index contributed by atoms with van der Waals surface area (Å²) in [7, 11) is 3.67. The highest BCUT2D eigenvalue weighted by atomic mass is 16.5. The Bertz CT molecular complexity index is 648. The number of carbonyl (C=O) groups excluding carboxylic acids is 1. The molecule has 1 aromatic carbocycles. The van der Waals surface area contributed by atoms with Crippen molar-refractivity contribution in [3.05, 3.63) is 47.3 Å². The molecule has 5 heteroatoms. The topological polar surface area (TPSA) is 47.4 Å². The van der Waals surface area contributed by atoms with Gasteiger partial charge in [0.25, 0.3) is 5.91 Å². The van der Waals surface area contributed by atoms with Crippen LogP contribution in [0, 0.1) is 0 Å². The summed E-state index contributed by atoms with van der Waals surface area (Å²) in [5.74, 6) is 0.917. The van der Waals surface area contributed by atoms with Gasteiger partial charge in [-0.25, -0.2) is 0 Å². The quantitative estimate of drug-likeness (QED) is 0.852. The van der Waals surface area contributed by atoms with Crippen molar-refractivity contribution in [3.8, 4) is 5.75 Å². The number of hydrogen-bond acceptors (Lipinski definition) is 3. The lowest BCUT2D eigenvalue weighted by atomic mass is 10.1. The van der Waals surface area contributed by atoms with Gasteiger partial charge in [0, 0.05) is 44.4 Å². The van der Waals surface area contributed by atoms with E-state index in [2.05, 4.69) is 5.10 Å². The van der Waals surface area contributed by atoms with Crippen LogP contribution in [0.4, 0.5) is 0 Å². The largest absolute Gasteiger partial charge is 0.493 e. The molecule has 0 atom stereocenters. The Morgan fingerprint density at radius 3 is 3.10 bits per heavy atom. The fourth-order valence-electron chi connectivity index (χ4n) is 2.44. The fraction of sp³-hybridized carbons (Fsp3) is 0.333. The first-order valence-corrected chi connectivity index (χ1v) is 6.62. The Morgan fingerprint density at radius 1 is 1.50 bits per heavy atom. The molecule has 0 unspecified atom stereocenters. The molecule has 1 aliphatic heterocycles. The monoisotopic (exact) mass is 271 g/mol. The lowest BCUT2D eigenvalue weighted by Gasteiger charge is -2.16. The number of hydrogen-bond donors (Lipinski definition) is 0. The molecule has 3 rings (SSSR count). The van der Waals surface area contributed by atoms with Crippen LogP contribution in [0.3, 0.4) is 0 Å². The molecule has 2 heterocycles. The first-order valence-electron chi connectivity index (χ1n) is 6.62. The van der Waals surface area contributed by atoms with Crippen LogP contribution in [0.2, 0.25) is 0 Å². The predicted octanol–water partition coefficient (Wildman–Crippen LogP) is 1.63. The minimum absolute atomic E-state index is 0.0172. The van der Waals surface area contributed by atoms with E-state index < -0.39 is 0 Å². The molecule has 1 amide bonds. The normalized spacial score (nSPS) is 12.9. The second kappa shape index (κ2) is 5.00. The van der Waals surface area contributed by atoms with Gasteiger partial charge < -0.3 is 9.64 Å². The highest BCUT2D eigenvalue weighted by Crippen LogP contribution is 2.26. The molecule has 0 saturated carbocycles. The zero-order valence-corrected chi connectivity index (χ0v) is 11.7. The third kappa shape index (κ3) is 2.39. The minimum atomic E-state index is 0.0172. The van der Waals surface area contributed by atoms with E-state index in [1.165, 1.54) is 0 Å². The Kier molecular flexibility index (Phi) is 3.18. The third-order valence-electron chi connectivity index (χ3n) is 3.46. The van der Waals surface area contributed by atoms with E-state index in [9.17, 15) is 4.79 Å². The fourth-order valence-corrected chi connectivity index (χ4v) is 2.44. The molecule has 1 aliphatic rings. The molecule has 0 spiro atoms. The van der Waals surface area contributed by atoms with Crippen molar-refractivity contribution in [1.82, 2.24) is 14.7 Å². The smallest absolute Gasteiger partial charge is 0.253 e. The number of aryl methyl sites for hydroxylation is 1. The Labute approximate surface area is 117 Å². The highest BCUT2D eigenvalue weighted by Gasteiger charge is 2.17. The van der Waals surface area contributed by atoms with E-state index in [0.29, 0.717) is 18.7 Å². The van der Waals surface area contributed by atoms with Crippen molar-refractivity contribution in [3.63, 3.8) is 0 Å². The first kappa shape index (κ1) is 12.7. The van der Waals surface area contributed by atoms with Crippen molar-refractivity contribution in [1.29, 1.82) is 0 Å². The summed E-state index contributed by atoms with van der Waals surface area (Å²) >= 11 is 0. The summed E-state index contributed by atoms with van der Waals surface area (Å²) in [5.41, 5.74) is 2.85. The Morgan fingerprint density at radius 2 is 2.35 bits per heavy atom. The van der Waals surface area contributed by atoms with Gasteiger partial charge in [0.15, 0.2) is 0 Å². The van der Waals surface area contributed by atoms with Crippen LogP contribution in [0.25, 0.3) is 0 Å². The lowest BCUT2D eigenvalue weighted by Crippen LogP contribution is -2.26. The SMILES string of the molecule is CN(Cc1cnn(C)c1)C(=O)c1ccc2c(c1)CCO2. The summed E-state index contributed by atoms with van der Waals surface area (Å²) < 4.78 is 7.19. The van der Waals surface area contributed by atoms with E-state index >= 15 is 0 Å². The summed E-state index contributed by atoms with van der Waals surface area (Å²) in [5, 5.41) is 4.11. The molecule has 5 nitrogen and oxygen atoms in total. The first-order chi connectivity index (χ1) is 9.63. The summed E-state index contributed by atoms with van der Waals surface area (Å²) in [6, 6.07) is 5.64. The number of nitrogens with zero attached hydrogens (tertiary/aromatic N) is 3. The maximum Gasteiger partial charge on any atom is 0.253 e. The van der Waals surface area contributed by atoms with Crippen LogP contribution < -0.4 is 4.74 Å². The lowest BCUT2D eigenvalue weighted by molar-refractivity contribution is 0.0785. The van der Waals surface area contributed by atoms with Crippen molar-refractivity contribution >= 4 is 5.91 Å². The molecule has 1 aromatic heterocycles. The summed E-state index contributed by atoms with van der Waals surface area (Å²) in [6.07, 6.45) is 4.57. The van der Waals surface area contributed by atoms with Crippen LogP contribution >= 0.6 is 0 Å². The summed E-state index contributed by atoms with van der Waals surface area (Å²) in [4.78, 5) is 14.1. The second-order valence-electron chi connectivity index (χ2n) is 5.10. The zero-order chi connectivity index (χ0) is 14.1. The summed E-state index contributed by atoms with van der Waals surface area (Å²) in [6.45, 7) is 1.26. The van der Waals surface area contributed by atoms with Crippen LogP contribution in [0.1, 0.15) is 21.5 Å². The Balaban J connectivity index is 1.74. The molecule has 0 radical (unpaired) electrons. The standard InChI is InChI=1S/C15H17N3O2/c1-17(9-11-8-16-18(2)10-11)15(19)13-3-4-14-12(7-13)5-6-20-14/h3-4,7-8,10H,5-6,9H2,1-2H3. The molecule has 0 bridgehead atoms. The average Bonchev–Trinajstić information content (AvgIpc) is 3.05. The van der Waals surface area contributed by atoms with Gasteiger partial charge >= 0.3 is 0 Å². The van der Waals surface area contributed by atoms with E-state index in [1.807, 2.05) is 31.4 Å². The molecular weight excluding hydrogens is 254 g/mol. The molecule has 0 saturated heterocycles. The average molecular weight is 271 g/mol. The van der Waals surface area contributed by atoms with Gasteiger partial charge in [-0.1, -0.05) is 0 Å². The number of benzene rings is 1. The highest BCUT2D eigenvalue weighted by molar-refractivity contribution is 5.94. The van der Waals surface area contributed by atoms with E-state index in [1.54, 1.807) is 22.8 Å². The predicted molar refractivity (Wildman–Crippen MR) is 74.6 cm³/mol. The van der Waals surface area contributed by atoms with Gasteiger partial charge in [0.05, 0.1) is 12.8 Å². The number of amides is 1. The molecule has 104 valence electrons. The van der Waals surface area contributed by atoms with Gasteiger partial charge in [-0.15, -0.1) is 0 Å². The van der Waals surface area contributed by atoms with Gasteiger partial charge in [-0.2, -0.15) is 5.10 Å². The van der Waals surface area contributed by atoms with Crippen molar-refractivity contribution in [2.45, 2.75) is 13.0 Å². The number of fused-ring (bicyclic) bond motifs is 1. The zero-order valence-electron chi connectivity index (χ0n) is 11.7. The number of aromatic nitrogens is 2. The van der Waals surface area contributed by atoms with Gasteiger partial charge in [-0.05, 0) is 23.8 Å².